The number of hydrogen-bond acceptors (Lipinski definition) is 4. The van der Waals surface area contributed by atoms with Gasteiger partial charge in [-0.15, -0.1) is 0 Å². The molecule has 1 atom stereocenters. The standard InChI is InChI=1S/C11H19N3O2S/c12-10(17)7-13-2-4-14(5-3-13)11(15)9-1-6-16-8-9/h9H,1-8H2,(H2,12,17). The minimum Gasteiger partial charge on any atom is -0.392 e. The summed E-state index contributed by atoms with van der Waals surface area (Å²) in [5.41, 5.74) is 5.51. The van der Waals surface area contributed by atoms with Gasteiger partial charge in [-0.1, -0.05) is 12.2 Å². The molecule has 6 heteroatoms. The van der Waals surface area contributed by atoms with Crippen molar-refractivity contribution in [1.29, 1.82) is 0 Å². The molecule has 2 rings (SSSR count). The van der Waals surface area contributed by atoms with E-state index in [4.69, 9.17) is 22.7 Å². The van der Waals surface area contributed by atoms with Crippen LogP contribution < -0.4 is 5.73 Å². The molecule has 2 fully saturated rings. The summed E-state index contributed by atoms with van der Waals surface area (Å²) in [4.78, 5) is 16.8. The fourth-order valence-electron chi connectivity index (χ4n) is 2.33. The van der Waals surface area contributed by atoms with E-state index in [9.17, 15) is 4.79 Å². The molecular formula is C11H19N3O2S. The molecular weight excluding hydrogens is 238 g/mol. The highest BCUT2D eigenvalue weighted by atomic mass is 32.1. The van der Waals surface area contributed by atoms with E-state index in [-0.39, 0.29) is 11.8 Å². The van der Waals surface area contributed by atoms with Crippen molar-refractivity contribution >= 4 is 23.1 Å². The van der Waals surface area contributed by atoms with E-state index in [1.165, 1.54) is 0 Å². The predicted octanol–water partition coefficient (Wildman–Crippen LogP) is -0.547. The Labute approximate surface area is 107 Å². The summed E-state index contributed by atoms with van der Waals surface area (Å²) in [6.07, 6.45) is 0.867. The summed E-state index contributed by atoms with van der Waals surface area (Å²) in [6, 6.07) is 0. The quantitative estimate of drug-likeness (QED) is 0.688. The molecule has 1 unspecified atom stereocenters. The first-order valence-electron chi connectivity index (χ1n) is 6.04. The fraction of sp³-hybridized carbons (Fsp3) is 0.818. The molecule has 0 bridgehead atoms. The lowest BCUT2D eigenvalue weighted by Crippen LogP contribution is -2.51. The molecule has 1 amide bonds. The van der Waals surface area contributed by atoms with Gasteiger partial charge < -0.3 is 15.4 Å². The Hall–Kier alpha value is -0.720. The summed E-state index contributed by atoms with van der Waals surface area (Å²) in [5.74, 6) is 0.328. The Morgan fingerprint density at radius 2 is 2.06 bits per heavy atom. The topological polar surface area (TPSA) is 58.8 Å². The number of rotatable bonds is 3. The van der Waals surface area contributed by atoms with Crippen molar-refractivity contribution in [2.24, 2.45) is 11.7 Å². The van der Waals surface area contributed by atoms with Gasteiger partial charge in [0.2, 0.25) is 5.91 Å². The average Bonchev–Trinajstić information content (AvgIpc) is 2.82. The number of nitrogens with two attached hydrogens (primary N) is 1. The Morgan fingerprint density at radius 1 is 1.35 bits per heavy atom. The highest BCUT2D eigenvalue weighted by Crippen LogP contribution is 2.16. The molecule has 0 aromatic carbocycles. The third kappa shape index (κ3) is 3.37. The zero-order valence-corrected chi connectivity index (χ0v) is 10.7. The molecule has 2 N–H and O–H groups in total. The first-order valence-corrected chi connectivity index (χ1v) is 6.45. The Morgan fingerprint density at radius 3 is 2.59 bits per heavy atom. The second-order valence-electron chi connectivity index (χ2n) is 4.63. The van der Waals surface area contributed by atoms with E-state index in [1.54, 1.807) is 0 Å². The maximum absolute atomic E-state index is 12.1. The zero-order valence-electron chi connectivity index (χ0n) is 9.93. The second-order valence-corrected chi connectivity index (χ2v) is 5.15. The number of carbonyl (C=O) groups is 1. The molecule has 0 aromatic heterocycles. The maximum Gasteiger partial charge on any atom is 0.228 e. The lowest BCUT2D eigenvalue weighted by atomic mass is 10.1. The normalized spacial score (nSPS) is 26.1. The Kier molecular flexibility index (Phi) is 4.31. The molecule has 2 aliphatic heterocycles. The average molecular weight is 257 g/mol. The summed E-state index contributed by atoms with van der Waals surface area (Å²) in [5, 5.41) is 0. The van der Waals surface area contributed by atoms with Crippen molar-refractivity contribution in [3.63, 3.8) is 0 Å². The van der Waals surface area contributed by atoms with Crippen LogP contribution in [0.5, 0.6) is 0 Å². The van der Waals surface area contributed by atoms with Crippen LogP contribution in [0.4, 0.5) is 0 Å². The first-order chi connectivity index (χ1) is 8.16. The molecule has 2 saturated heterocycles. The van der Waals surface area contributed by atoms with Crippen molar-refractivity contribution in [2.45, 2.75) is 6.42 Å². The van der Waals surface area contributed by atoms with Crippen LogP contribution in [0.25, 0.3) is 0 Å². The van der Waals surface area contributed by atoms with Gasteiger partial charge in [-0.3, -0.25) is 9.69 Å². The van der Waals surface area contributed by atoms with Crippen LogP contribution in [-0.4, -0.2) is 66.6 Å². The SMILES string of the molecule is NC(=S)CN1CCN(C(=O)C2CCOC2)CC1. The third-order valence-electron chi connectivity index (χ3n) is 3.34. The summed E-state index contributed by atoms with van der Waals surface area (Å²) >= 11 is 4.88. The van der Waals surface area contributed by atoms with Gasteiger partial charge in [0.25, 0.3) is 0 Å². The molecule has 0 aromatic rings. The largest absolute Gasteiger partial charge is 0.392 e. The Bertz CT molecular complexity index is 297. The third-order valence-corrected chi connectivity index (χ3v) is 3.47. The van der Waals surface area contributed by atoms with E-state index in [0.29, 0.717) is 18.1 Å². The number of thiocarbonyl (C=S) groups is 1. The van der Waals surface area contributed by atoms with Crippen LogP contribution in [0, 0.1) is 5.92 Å². The van der Waals surface area contributed by atoms with E-state index >= 15 is 0 Å². The van der Waals surface area contributed by atoms with Crippen LogP contribution in [0.1, 0.15) is 6.42 Å². The molecule has 96 valence electrons. The van der Waals surface area contributed by atoms with E-state index in [2.05, 4.69) is 4.90 Å². The predicted molar refractivity (Wildman–Crippen MR) is 68.7 cm³/mol. The van der Waals surface area contributed by atoms with Gasteiger partial charge in [-0.05, 0) is 6.42 Å². The van der Waals surface area contributed by atoms with Gasteiger partial charge in [-0.25, -0.2) is 0 Å². The van der Waals surface area contributed by atoms with Crippen molar-refractivity contribution in [2.75, 3.05) is 45.9 Å². The van der Waals surface area contributed by atoms with Crippen LogP contribution in [0.2, 0.25) is 0 Å². The van der Waals surface area contributed by atoms with Crippen molar-refractivity contribution < 1.29 is 9.53 Å². The number of piperazine rings is 1. The highest BCUT2D eigenvalue weighted by Gasteiger charge is 2.29. The number of hydrogen-bond donors (Lipinski definition) is 1. The molecule has 2 aliphatic rings. The fourth-order valence-corrected chi connectivity index (χ4v) is 2.52. The lowest BCUT2D eigenvalue weighted by Gasteiger charge is -2.35. The maximum atomic E-state index is 12.1. The van der Waals surface area contributed by atoms with E-state index in [1.807, 2.05) is 4.90 Å². The van der Waals surface area contributed by atoms with Crippen molar-refractivity contribution in [3.8, 4) is 0 Å². The van der Waals surface area contributed by atoms with Crippen LogP contribution in [0.15, 0.2) is 0 Å². The van der Waals surface area contributed by atoms with Gasteiger partial charge in [0.15, 0.2) is 0 Å². The number of nitrogens with zero attached hydrogens (tertiary/aromatic N) is 2. The molecule has 2 heterocycles. The smallest absolute Gasteiger partial charge is 0.228 e. The molecule has 5 nitrogen and oxygen atoms in total. The highest BCUT2D eigenvalue weighted by molar-refractivity contribution is 7.80. The van der Waals surface area contributed by atoms with Crippen molar-refractivity contribution in [3.05, 3.63) is 0 Å². The van der Waals surface area contributed by atoms with Gasteiger partial charge in [-0.2, -0.15) is 0 Å². The lowest BCUT2D eigenvalue weighted by molar-refractivity contribution is -0.137. The van der Waals surface area contributed by atoms with E-state index in [0.717, 1.165) is 39.2 Å². The first kappa shape index (κ1) is 12.7. The van der Waals surface area contributed by atoms with Crippen LogP contribution in [0.3, 0.4) is 0 Å². The number of carbonyl (C=O) groups excluding carboxylic acids is 1. The molecule has 17 heavy (non-hydrogen) atoms. The van der Waals surface area contributed by atoms with Crippen LogP contribution >= 0.6 is 12.2 Å². The summed E-state index contributed by atoms with van der Waals surface area (Å²) in [6.45, 7) is 5.23. The molecule has 0 radical (unpaired) electrons. The van der Waals surface area contributed by atoms with Gasteiger partial charge >= 0.3 is 0 Å². The monoisotopic (exact) mass is 257 g/mol. The van der Waals surface area contributed by atoms with Gasteiger partial charge in [0.1, 0.15) is 0 Å². The number of amides is 1. The van der Waals surface area contributed by atoms with E-state index < -0.39 is 0 Å². The zero-order chi connectivity index (χ0) is 12.3. The molecule has 0 saturated carbocycles. The van der Waals surface area contributed by atoms with Crippen LogP contribution in [-0.2, 0) is 9.53 Å². The number of ether oxygens (including phenoxy) is 1. The minimum atomic E-state index is 0.0807. The van der Waals surface area contributed by atoms with Gasteiger partial charge in [0, 0.05) is 39.3 Å². The van der Waals surface area contributed by atoms with Crippen molar-refractivity contribution in [1.82, 2.24) is 9.80 Å². The Balaban J connectivity index is 1.78. The van der Waals surface area contributed by atoms with Gasteiger partial charge in [0.05, 0.1) is 17.5 Å². The second kappa shape index (κ2) is 5.75. The summed E-state index contributed by atoms with van der Waals surface area (Å²) in [7, 11) is 0. The molecule has 0 spiro atoms. The molecule has 0 aliphatic carbocycles. The summed E-state index contributed by atoms with van der Waals surface area (Å²) < 4.78 is 5.25. The minimum absolute atomic E-state index is 0.0807.